The molecule has 0 bridgehead atoms. The highest BCUT2D eigenvalue weighted by molar-refractivity contribution is 6.31. The van der Waals surface area contributed by atoms with Crippen molar-refractivity contribution in [1.82, 2.24) is 10.3 Å². The molecule has 2 aromatic carbocycles. The summed E-state index contributed by atoms with van der Waals surface area (Å²) in [6.07, 6.45) is 0. The molecule has 138 valence electrons. The third-order valence-corrected chi connectivity index (χ3v) is 3.70. The number of carbonyl (C=O) groups is 2. The Kier molecular flexibility index (Phi) is 7.41. The summed E-state index contributed by atoms with van der Waals surface area (Å²) in [6.45, 7) is 3.69. The Labute approximate surface area is 161 Å². The summed E-state index contributed by atoms with van der Waals surface area (Å²) in [7, 11) is 0. The van der Waals surface area contributed by atoms with Gasteiger partial charge in [0.05, 0.1) is 13.2 Å². The molecular weight excluding hydrogens is 379 g/mol. The van der Waals surface area contributed by atoms with E-state index in [0.717, 1.165) is 10.3 Å². The van der Waals surface area contributed by atoms with Crippen molar-refractivity contribution in [3.8, 4) is 0 Å². The van der Waals surface area contributed by atoms with Crippen LogP contribution in [-0.4, -0.2) is 35.4 Å². The third kappa shape index (κ3) is 4.95. The molecule has 0 aromatic heterocycles. The SMILES string of the molecule is CCON(C(=O)c1ccc(Cl)cc1)N(OCC)C(=O)c1ccc(Cl)cc1. The molecule has 0 fully saturated rings. The van der Waals surface area contributed by atoms with Crippen molar-refractivity contribution in [2.24, 2.45) is 0 Å². The molecule has 2 amide bonds. The number of rotatable bonds is 6. The molecule has 0 heterocycles. The Hall–Kier alpha value is -2.12. The fourth-order valence-corrected chi connectivity index (χ4v) is 2.29. The van der Waals surface area contributed by atoms with E-state index >= 15 is 0 Å². The first-order valence-electron chi connectivity index (χ1n) is 7.93. The zero-order chi connectivity index (χ0) is 19.1. The summed E-state index contributed by atoms with van der Waals surface area (Å²) in [4.78, 5) is 36.4. The second-order valence-electron chi connectivity index (χ2n) is 5.01. The number of benzene rings is 2. The van der Waals surface area contributed by atoms with E-state index in [-0.39, 0.29) is 24.3 Å². The predicted octanol–water partition coefficient (Wildman–Crippen LogP) is 4.40. The minimum atomic E-state index is -0.570. The normalized spacial score (nSPS) is 10.5. The zero-order valence-corrected chi connectivity index (χ0v) is 15.8. The Morgan fingerprint density at radius 3 is 1.31 bits per heavy atom. The number of hydrogen-bond acceptors (Lipinski definition) is 4. The Bertz CT molecular complexity index is 685. The van der Waals surface area contributed by atoms with Gasteiger partial charge in [0.2, 0.25) is 0 Å². The zero-order valence-electron chi connectivity index (χ0n) is 14.3. The molecule has 0 saturated heterocycles. The number of hydrazine groups is 1. The van der Waals surface area contributed by atoms with Crippen molar-refractivity contribution in [2.45, 2.75) is 13.8 Å². The van der Waals surface area contributed by atoms with Gasteiger partial charge in [0.15, 0.2) is 0 Å². The van der Waals surface area contributed by atoms with Crippen molar-refractivity contribution < 1.29 is 19.3 Å². The minimum absolute atomic E-state index is 0.150. The fraction of sp³-hybridized carbons (Fsp3) is 0.222. The van der Waals surface area contributed by atoms with Gasteiger partial charge in [-0.1, -0.05) is 33.5 Å². The van der Waals surface area contributed by atoms with E-state index in [2.05, 4.69) is 0 Å². The van der Waals surface area contributed by atoms with E-state index in [1.165, 1.54) is 24.3 Å². The largest absolute Gasteiger partial charge is 0.299 e. The van der Waals surface area contributed by atoms with Crippen LogP contribution in [0, 0.1) is 0 Å². The number of nitrogens with zero attached hydrogens (tertiary/aromatic N) is 2. The summed E-state index contributed by atoms with van der Waals surface area (Å²) in [5.74, 6) is -1.14. The molecule has 0 aliphatic rings. The van der Waals surface area contributed by atoms with E-state index in [9.17, 15) is 9.59 Å². The fourth-order valence-electron chi connectivity index (χ4n) is 2.04. The first-order chi connectivity index (χ1) is 12.5. The van der Waals surface area contributed by atoms with Gasteiger partial charge in [-0.3, -0.25) is 9.59 Å². The molecule has 0 N–H and O–H groups in total. The number of amides is 2. The van der Waals surface area contributed by atoms with Gasteiger partial charge in [-0.25, -0.2) is 9.68 Å². The van der Waals surface area contributed by atoms with Crippen molar-refractivity contribution in [1.29, 1.82) is 0 Å². The Balaban J connectivity index is 2.34. The van der Waals surface area contributed by atoms with Crippen LogP contribution in [0.2, 0.25) is 10.0 Å². The molecule has 26 heavy (non-hydrogen) atoms. The lowest BCUT2D eigenvalue weighted by atomic mass is 10.2. The van der Waals surface area contributed by atoms with Crippen LogP contribution in [0.3, 0.4) is 0 Å². The van der Waals surface area contributed by atoms with Crippen LogP contribution in [-0.2, 0) is 9.68 Å². The maximum atomic E-state index is 12.8. The monoisotopic (exact) mass is 396 g/mol. The van der Waals surface area contributed by atoms with Crippen LogP contribution in [0.15, 0.2) is 48.5 Å². The highest BCUT2D eigenvalue weighted by atomic mass is 35.5. The number of hydrogen-bond donors (Lipinski definition) is 0. The molecule has 0 radical (unpaired) electrons. The standard InChI is InChI=1S/C18H18Cl2N2O4/c1-3-25-21(17(23)13-5-9-15(19)10-6-13)22(26-4-2)18(24)14-7-11-16(20)12-8-14/h5-12H,3-4H2,1-2H3. The van der Waals surface area contributed by atoms with Crippen LogP contribution in [0.4, 0.5) is 0 Å². The van der Waals surface area contributed by atoms with E-state index in [1.807, 2.05) is 0 Å². The number of halogens is 2. The molecule has 8 heteroatoms. The van der Waals surface area contributed by atoms with Gasteiger partial charge in [-0.15, -0.1) is 0 Å². The molecular formula is C18H18Cl2N2O4. The first kappa shape index (κ1) is 20.2. The van der Waals surface area contributed by atoms with E-state index in [0.29, 0.717) is 10.0 Å². The van der Waals surface area contributed by atoms with Crippen LogP contribution in [0.25, 0.3) is 0 Å². The number of hydroxylamine groups is 2. The summed E-state index contributed by atoms with van der Waals surface area (Å²) in [5.41, 5.74) is 0.577. The molecule has 0 spiro atoms. The van der Waals surface area contributed by atoms with Crippen LogP contribution < -0.4 is 0 Å². The van der Waals surface area contributed by atoms with Gasteiger partial charge in [0.1, 0.15) is 0 Å². The van der Waals surface area contributed by atoms with Crippen molar-refractivity contribution in [2.75, 3.05) is 13.2 Å². The van der Waals surface area contributed by atoms with Gasteiger partial charge < -0.3 is 0 Å². The average molecular weight is 397 g/mol. The van der Waals surface area contributed by atoms with Gasteiger partial charge >= 0.3 is 0 Å². The third-order valence-electron chi connectivity index (χ3n) is 3.20. The van der Waals surface area contributed by atoms with Gasteiger partial charge in [0, 0.05) is 21.2 Å². The van der Waals surface area contributed by atoms with Crippen molar-refractivity contribution in [3.63, 3.8) is 0 Å². The second-order valence-corrected chi connectivity index (χ2v) is 5.88. The lowest BCUT2D eigenvalue weighted by Gasteiger charge is -2.31. The second kappa shape index (κ2) is 9.54. The molecule has 0 aliphatic carbocycles. The summed E-state index contributed by atoms with van der Waals surface area (Å²) in [6, 6.07) is 12.4. The Morgan fingerprint density at radius 2 is 1.04 bits per heavy atom. The first-order valence-corrected chi connectivity index (χ1v) is 8.69. The summed E-state index contributed by atoms with van der Waals surface area (Å²) < 4.78 is 0. The quantitative estimate of drug-likeness (QED) is 0.679. The van der Waals surface area contributed by atoms with Gasteiger partial charge in [-0.05, 0) is 62.4 Å². The molecule has 0 saturated carbocycles. The van der Waals surface area contributed by atoms with Crippen molar-refractivity contribution >= 4 is 35.0 Å². The van der Waals surface area contributed by atoms with E-state index < -0.39 is 11.8 Å². The van der Waals surface area contributed by atoms with E-state index in [4.69, 9.17) is 32.9 Å². The molecule has 0 unspecified atom stereocenters. The summed E-state index contributed by atoms with van der Waals surface area (Å²) in [5, 5.41) is 2.57. The Morgan fingerprint density at radius 1 is 0.731 bits per heavy atom. The highest BCUT2D eigenvalue weighted by Gasteiger charge is 2.30. The molecule has 2 aromatic rings. The lowest BCUT2D eigenvalue weighted by molar-refractivity contribution is -0.341. The van der Waals surface area contributed by atoms with Crippen molar-refractivity contribution in [3.05, 3.63) is 69.7 Å². The predicted molar refractivity (Wildman–Crippen MR) is 98.5 cm³/mol. The maximum absolute atomic E-state index is 12.8. The molecule has 0 atom stereocenters. The molecule has 0 aliphatic heterocycles. The van der Waals surface area contributed by atoms with Crippen LogP contribution in [0.1, 0.15) is 34.6 Å². The van der Waals surface area contributed by atoms with Crippen LogP contribution in [0.5, 0.6) is 0 Å². The number of carbonyl (C=O) groups excluding carboxylic acids is 2. The lowest BCUT2D eigenvalue weighted by Crippen LogP contribution is -2.49. The smallest absolute Gasteiger partial charge is 0.265 e. The topological polar surface area (TPSA) is 59.1 Å². The minimum Gasteiger partial charge on any atom is -0.265 e. The average Bonchev–Trinajstić information content (AvgIpc) is 2.65. The highest BCUT2D eigenvalue weighted by Crippen LogP contribution is 2.17. The van der Waals surface area contributed by atoms with Gasteiger partial charge in [0.25, 0.3) is 11.8 Å². The maximum Gasteiger partial charge on any atom is 0.299 e. The van der Waals surface area contributed by atoms with Crippen LogP contribution >= 0.6 is 23.2 Å². The molecule has 6 nitrogen and oxygen atoms in total. The van der Waals surface area contributed by atoms with Gasteiger partial charge in [-0.2, -0.15) is 0 Å². The molecule has 2 rings (SSSR count). The summed E-state index contributed by atoms with van der Waals surface area (Å²) >= 11 is 11.7. The van der Waals surface area contributed by atoms with E-state index in [1.54, 1.807) is 38.1 Å².